The maximum absolute atomic E-state index is 11.2. The molecule has 0 radical (unpaired) electrons. The molecule has 4 nitrogen and oxygen atoms in total. The first-order valence-electron chi connectivity index (χ1n) is 4.34. The largest absolute Gasteiger partial charge is 0.444 e. The zero-order valence-electron chi connectivity index (χ0n) is 8.89. The first-order chi connectivity index (χ1) is 6.26. The van der Waals surface area contributed by atoms with E-state index < -0.39 is 17.7 Å². The summed E-state index contributed by atoms with van der Waals surface area (Å²) in [5.74, 6) is -0.353. The molecule has 82 valence electrons. The lowest BCUT2D eigenvalue weighted by atomic mass is 10.2. The average Bonchev–Trinajstić information content (AvgIpc) is 1.99. The van der Waals surface area contributed by atoms with Crippen LogP contribution in [0.4, 0.5) is 4.79 Å². The zero-order chi connectivity index (χ0) is 11.4. The van der Waals surface area contributed by atoms with Crippen molar-refractivity contribution in [1.29, 1.82) is 0 Å². The number of ketones is 1. The molecule has 0 bridgehead atoms. The van der Waals surface area contributed by atoms with E-state index >= 15 is 0 Å². The highest BCUT2D eigenvalue weighted by Gasteiger charge is 2.20. The van der Waals surface area contributed by atoms with Crippen LogP contribution in [-0.2, 0) is 9.53 Å². The molecular weight excluding hydrogens is 206 g/mol. The van der Waals surface area contributed by atoms with Crippen molar-refractivity contribution in [3.63, 3.8) is 0 Å². The summed E-state index contributed by atoms with van der Waals surface area (Å²) in [6.45, 7) is 6.82. The Morgan fingerprint density at radius 3 is 2.29 bits per heavy atom. The molecule has 0 saturated heterocycles. The molecule has 0 fully saturated rings. The van der Waals surface area contributed by atoms with Crippen molar-refractivity contribution in [2.45, 2.75) is 39.3 Å². The van der Waals surface area contributed by atoms with E-state index in [9.17, 15) is 9.59 Å². The topological polar surface area (TPSA) is 55.4 Å². The van der Waals surface area contributed by atoms with E-state index in [1.165, 1.54) is 0 Å². The van der Waals surface area contributed by atoms with Crippen LogP contribution in [-0.4, -0.2) is 29.4 Å². The second-order valence-electron chi connectivity index (χ2n) is 3.97. The number of hydrogen-bond acceptors (Lipinski definition) is 3. The maximum Gasteiger partial charge on any atom is 0.408 e. The van der Waals surface area contributed by atoms with Gasteiger partial charge in [-0.1, -0.05) is 0 Å². The van der Waals surface area contributed by atoms with E-state index in [-0.39, 0.29) is 11.7 Å². The lowest BCUT2D eigenvalue weighted by molar-refractivity contribution is -0.118. The van der Waals surface area contributed by atoms with Crippen LogP contribution >= 0.6 is 11.6 Å². The summed E-state index contributed by atoms with van der Waals surface area (Å²) in [6, 6.07) is -0.609. The molecule has 0 heterocycles. The standard InChI is InChI=1S/C9H16ClNO3/c1-6(7(12)5-10)11-8(13)14-9(2,3)4/h6H,5H2,1-4H3,(H,11,13). The van der Waals surface area contributed by atoms with Gasteiger partial charge in [0.15, 0.2) is 5.78 Å². The van der Waals surface area contributed by atoms with Crippen LogP contribution in [0.15, 0.2) is 0 Å². The lowest BCUT2D eigenvalue weighted by Crippen LogP contribution is -2.42. The van der Waals surface area contributed by atoms with E-state index in [2.05, 4.69) is 5.32 Å². The molecule has 0 aliphatic heterocycles. The van der Waals surface area contributed by atoms with Crippen LogP contribution in [0.3, 0.4) is 0 Å². The van der Waals surface area contributed by atoms with E-state index in [4.69, 9.17) is 16.3 Å². The molecule has 0 aromatic carbocycles. The fourth-order valence-corrected chi connectivity index (χ4v) is 0.912. The minimum atomic E-state index is -0.609. The summed E-state index contributed by atoms with van der Waals surface area (Å²) in [5.41, 5.74) is -0.562. The number of carbonyl (C=O) groups excluding carboxylic acids is 2. The summed E-state index contributed by atoms with van der Waals surface area (Å²) < 4.78 is 4.96. The van der Waals surface area contributed by atoms with E-state index in [1.54, 1.807) is 27.7 Å². The highest BCUT2D eigenvalue weighted by atomic mass is 35.5. The van der Waals surface area contributed by atoms with Crippen LogP contribution in [0.1, 0.15) is 27.7 Å². The normalized spacial score (nSPS) is 13.2. The monoisotopic (exact) mass is 221 g/mol. The van der Waals surface area contributed by atoms with E-state index in [1.807, 2.05) is 0 Å². The summed E-state index contributed by atoms with van der Waals surface area (Å²) in [6.07, 6.45) is -0.608. The van der Waals surface area contributed by atoms with Gasteiger partial charge < -0.3 is 10.1 Å². The maximum atomic E-state index is 11.2. The number of hydrogen-bond donors (Lipinski definition) is 1. The number of rotatable bonds is 3. The molecule has 1 amide bonds. The van der Waals surface area contributed by atoms with Crippen molar-refractivity contribution >= 4 is 23.5 Å². The first kappa shape index (κ1) is 13.2. The minimum Gasteiger partial charge on any atom is -0.444 e. The molecule has 0 spiro atoms. The van der Waals surface area contributed by atoms with Gasteiger partial charge in [-0.2, -0.15) is 0 Å². The second-order valence-corrected chi connectivity index (χ2v) is 4.24. The Morgan fingerprint density at radius 2 is 1.93 bits per heavy atom. The first-order valence-corrected chi connectivity index (χ1v) is 4.88. The number of alkyl carbamates (subject to hydrolysis) is 1. The van der Waals surface area contributed by atoms with Crippen molar-refractivity contribution in [3.8, 4) is 0 Å². The molecule has 0 aromatic rings. The van der Waals surface area contributed by atoms with Gasteiger partial charge in [-0.3, -0.25) is 4.79 Å². The number of nitrogens with one attached hydrogen (secondary N) is 1. The number of ether oxygens (including phenoxy) is 1. The van der Waals surface area contributed by atoms with Crippen LogP contribution in [0, 0.1) is 0 Å². The zero-order valence-corrected chi connectivity index (χ0v) is 9.64. The predicted octanol–water partition coefficient (Wildman–Crippen LogP) is 1.71. The van der Waals surface area contributed by atoms with Crippen LogP contribution < -0.4 is 5.32 Å². The van der Waals surface area contributed by atoms with Crippen molar-refractivity contribution < 1.29 is 14.3 Å². The van der Waals surface area contributed by atoms with Gasteiger partial charge in [0.2, 0.25) is 0 Å². The molecule has 0 aromatic heterocycles. The Morgan fingerprint density at radius 1 is 1.43 bits per heavy atom. The Labute approximate surface area is 88.9 Å². The molecule has 1 atom stereocenters. The summed E-state index contributed by atoms with van der Waals surface area (Å²) >= 11 is 5.32. The van der Waals surface area contributed by atoms with Gasteiger partial charge in [0.05, 0.1) is 11.9 Å². The van der Waals surface area contributed by atoms with E-state index in [0.717, 1.165) is 0 Å². The number of carbonyl (C=O) groups is 2. The Kier molecular flexibility index (Phi) is 4.91. The van der Waals surface area contributed by atoms with Gasteiger partial charge in [-0.05, 0) is 27.7 Å². The Bertz CT molecular complexity index is 223. The van der Waals surface area contributed by atoms with Gasteiger partial charge in [-0.15, -0.1) is 11.6 Å². The molecular formula is C9H16ClNO3. The highest BCUT2D eigenvalue weighted by Crippen LogP contribution is 2.06. The van der Waals surface area contributed by atoms with Crippen molar-refractivity contribution in [1.82, 2.24) is 5.32 Å². The Hall–Kier alpha value is -0.770. The second kappa shape index (κ2) is 5.20. The summed E-state index contributed by atoms with van der Waals surface area (Å²) in [7, 11) is 0. The van der Waals surface area contributed by atoms with Gasteiger partial charge >= 0.3 is 6.09 Å². The third-order valence-electron chi connectivity index (χ3n) is 1.35. The minimum absolute atomic E-state index is 0.114. The van der Waals surface area contributed by atoms with Gasteiger partial charge in [0.25, 0.3) is 0 Å². The highest BCUT2D eigenvalue weighted by molar-refractivity contribution is 6.28. The number of halogens is 1. The Balaban J connectivity index is 4.01. The molecule has 0 aliphatic rings. The van der Waals surface area contributed by atoms with Crippen LogP contribution in [0.5, 0.6) is 0 Å². The number of Topliss-reactive ketones (excluding diaryl/α,β-unsaturated/α-hetero) is 1. The molecule has 0 saturated carbocycles. The fraction of sp³-hybridized carbons (Fsp3) is 0.778. The van der Waals surface area contributed by atoms with Gasteiger partial charge in [0, 0.05) is 0 Å². The predicted molar refractivity (Wildman–Crippen MR) is 54.6 cm³/mol. The molecule has 0 aliphatic carbocycles. The third-order valence-corrected chi connectivity index (χ3v) is 1.61. The lowest BCUT2D eigenvalue weighted by Gasteiger charge is -2.21. The SMILES string of the molecule is CC(NC(=O)OC(C)(C)C)C(=O)CCl. The van der Waals surface area contributed by atoms with E-state index in [0.29, 0.717) is 0 Å². The van der Waals surface area contributed by atoms with Crippen LogP contribution in [0.25, 0.3) is 0 Å². The van der Waals surface area contributed by atoms with Gasteiger partial charge in [0.1, 0.15) is 5.60 Å². The summed E-state index contributed by atoms with van der Waals surface area (Å²) in [5, 5.41) is 2.39. The quantitative estimate of drug-likeness (QED) is 0.739. The average molecular weight is 222 g/mol. The smallest absolute Gasteiger partial charge is 0.408 e. The number of alkyl halides is 1. The molecule has 1 unspecified atom stereocenters. The van der Waals surface area contributed by atoms with Crippen molar-refractivity contribution in [2.24, 2.45) is 0 Å². The third kappa shape index (κ3) is 5.80. The molecule has 5 heteroatoms. The van der Waals surface area contributed by atoms with Crippen molar-refractivity contribution in [3.05, 3.63) is 0 Å². The summed E-state index contributed by atoms with van der Waals surface area (Å²) in [4.78, 5) is 22.2. The molecule has 14 heavy (non-hydrogen) atoms. The molecule has 0 rings (SSSR count). The number of amides is 1. The van der Waals surface area contributed by atoms with Crippen LogP contribution in [0.2, 0.25) is 0 Å². The van der Waals surface area contributed by atoms with Crippen molar-refractivity contribution in [2.75, 3.05) is 5.88 Å². The molecule has 1 N–H and O–H groups in total. The fourth-order valence-electron chi connectivity index (χ4n) is 0.681. The van der Waals surface area contributed by atoms with Gasteiger partial charge in [-0.25, -0.2) is 4.79 Å².